The molecule has 0 saturated heterocycles. The molecule has 3 amide bonds. The van der Waals surface area contributed by atoms with Crippen molar-refractivity contribution >= 4 is 40.0 Å². The molecule has 1 aromatic heterocycles. The van der Waals surface area contributed by atoms with Crippen molar-refractivity contribution in [2.75, 3.05) is 23.8 Å². The van der Waals surface area contributed by atoms with Crippen molar-refractivity contribution in [3.63, 3.8) is 0 Å². The van der Waals surface area contributed by atoms with Gasteiger partial charge in [-0.15, -0.1) is 0 Å². The summed E-state index contributed by atoms with van der Waals surface area (Å²) in [4.78, 5) is 44.1. The van der Waals surface area contributed by atoms with Crippen LogP contribution in [0.15, 0.2) is 42.5 Å². The molecule has 0 saturated carbocycles. The molecule has 0 fully saturated rings. The van der Waals surface area contributed by atoms with Crippen LogP contribution in [0, 0.1) is 0 Å². The number of amides is 3. The van der Waals surface area contributed by atoms with Gasteiger partial charge in [0.2, 0.25) is 11.8 Å². The molecule has 0 aliphatic carbocycles. The van der Waals surface area contributed by atoms with Crippen molar-refractivity contribution in [1.82, 2.24) is 9.88 Å². The number of carbonyl (C=O) groups is 3. The Morgan fingerprint density at radius 3 is 2.82 bits per heavy atom. The van der Waals surface area contributed by atoms with Gasteiger partial charge in [0.15, 0.2) is 0 Å². The fourth-order valence-corrected chi connectivity index (χ4v) is 4.87. The standard InChI is InChI=1S/C24H26N6O3/c1-29-19-5-3-2-4-15(19)24(33)30-11-10-14-16-12-13(6-8-18(16)28-21(14)23(29)30)27-22(32)17(25)7-9-20(26)31/h2-6,8,12,17,23,28H,7,9-11,25H2,1H3,(H2,26,31)(H,27,32). The molecule has 3 heterocycles. The van der Waals surface area contributed by atoms with Gasteiger partial charge >= 0.3 is 0 Å². The lowest BCUT2D eigenvalue weighted by atomic mass is 9.96. The van der Waals surface area contributed by atoms with Gasteiger partial charge in [0.05, 0.1) is 23.0 Å². The number of anilines is 2. The van der Waals surface area contributed by atoms with Gasteiger partial charge in [-0.05, 0) is 48.7 Å². The molecule has 2 aromatic carbocycles. The first-order chi connectivity index (χ1) is 15.8. The number of aromatic nitrogens is 1. The maximum atomic E-state index is 13.2. The normalized spacial score (nSPS) is 17.9. The second kappa shape index (κ2) is 7.93. The quantitative estimate of drug-likeness (QED) is 0.474. The number of carbonyl (C=O) groups excluding carboxylic acids is 3. The molecule has 2 unspecified atom stereocenters. The minimum absolute atomic E-state index is 0.0379. The molecule has 6 N–H and O–H groups in total. The number of para-hydroxylation sites is 1. The number of nitrogens with one attached hydrogen (secondary N) is 2. The summed E-state index contributed by atoms with van der Waals surface area (Å²) in [7, 11) is 2.00. The van der Waals surface area contributed by atoms with Crippen LogP contribution < -0.4 is 21.7 Å². The molecule has 33 heavy (non-hydrogen) atoms. The number of nitrogens with zero attached hydrogens (tertiary/aromatic N) is 2. The second-order valence-corrected chi connectivity index (χ2v) is 8.63. The highest BCUT2D eigenvalue weighted by Crippen LogP contribution is 2.43. The zero-order valence-electron chi connectivity index (χ0n) is 18.3. The average Bonchev–Trinajstić information content (AvgIpc) is 3.18. The SMILES string of the molecule is CN1c2ccccc2C(=O)N2CCc3c([nH]c4ccc(NC(=O)C(N)CCC(N)=O)cc34)C21. The van der Waals surface area contributed by atoms with Crippen molar-refractivity contribution < 1.29 is 14.4 Å². The largest absolute Gasteiger partial charge is 0.370 e. The zero-order chi connectivity index (χ0) is 23.3. The summed E-state index contributed by atoms with van der Waals surface area (Å²) in [6, 6.07) is 12.5. The second-order valence-electron chi connectivity index (χ2n) is 8.63. The Bertz CT molecular complexity index is 1280. The third kappa shape index (κ3) is 3.50. The summed E-state index contributed by atoms with van der Waals surface area (Å²) in [5.74, 6) is -0.808. The van der Waals surface area contributed by atoms with E-state index in [-0.39, 0.29) is 30.8 Å². The van der Waals surface area contributed by atoms with Gasteiger partial charge in [0.25, 0.3) is 5.91 Å². The predicted molar refractivity (Wildman–Crippen MR) is 126 cm³/mol. The van der Waals surface area contributed by atoms with E-state index in [1.165, 1.54) is 0 Å². The van der Waals surface area contributed by atoms with Crippen LogP contribution in [0.1, 0.15) is 40.6 Å². The van der Waals surface area contributed by atoms with Crippen LogP contribution in [0.3, 0.4) is 0 Å². The monoisotopic (exact) mass is 446 g/mol. The molecule has 9 heteroatoms. The van der Waals surface area contributed by atoms with Gasteiger partial charge in [0, 0.05) is 36.6 Å². The molecule has 2 aliphatic rings. The molecule has 9 nitrogen and oxygen atoms in total. The molecule has 170 valence electrons. The van der Waals surface area contributed by atoms with Crippen LogP contribution in [-0.4, -0.2) is 47.2 Å². The van der Waals surface area contributed by atoms with Crippen molar-refractivity contribution in [2.24, 2.45) is 11.5 Å². The van der Waals surface area contributed by atoms with E-state index >= 15 is 0 Å². The van der Waals surface area contributed by atoms with E-state index in [0.29, 0.717) is 24.2 Å². The van der Waals surface area contributed by atoms with Crippen LogP contribution in [0.25, 0.3) is 10.9 Å². The van der Waals surface area contributed by atoms with Gasteiger partial charge in [-0.2, -0.15) is 0 Å². The van der Waals surface area contributed by atoms with Gasteiger partial charge in [-0.25, -0.2) is 0 Å². The molecular formula is C24H26N6O3. The van der Waals surface area contributed by atoms with Crippen LogP contribution in [0.4, 0.5) is 11.4 Å². The van der Waals surface area contributed by atoms with Gasteiger partial charge in [-0.3, -0.25) is 14.4 Å². The Balaban J connectivity index is 1.46. The third-order valence-electron chi connectivity index (χ3n) is 6.54. The third-order valence-corrected chi connectivity index (χ3v) is 6.54. The number of nitrogens with two attached hydrogens (primary N) is 2. The Hall–Kier alpha value is -3.85. The molecule has 2 atom stereocenters. The van der Waals surface area contributed by atoms with E-state index in [4.69, 9.17) is 11.5 Å². The first-order valence-electron chi connectivity index (χ1n) is 11.0. The van der Waals surface area contributed by atoms with E-state index < -0.39 is 11.9 Å². The summed E-state index contributed by atoms with van der Waals surface area (Å²) in [5.41, 5.74) is 16.4. The molecular weight excluding hydrogens is 420 g/mol. The summed E-state index contributed by atoms with van der Waals surface area (Å²) < 4.78 is 0. The summed E-state index contributed by atoms with van der Waals surface area (Å²) in [6.45, 7) is 0.608. The van der Waals surface area contributed by atoms with E-state index in [1.54, 1.807) is 0 Å². The summed E-state index contributed by atoms with van der Waals surface area (Å²) in [6.07, 6.45) is 0.751. The van der Waals surface area contributed by atoms with Crippen LogP contribution >= 0.6 is 0 Å². The molecule has 5 rings (SSSR count). The van der Waals surface area contributed by atoms with Crippen LogP contribution in [0.5, 0.6) is 0 Å². The number of aromatic amines is 1. The molecule has 0 radical (unpaired) electrons. The smallest absolute Gasteiger partial charge is 0.257 e. The predicted octanol–water partition coefficient (Wildman–Crippen LogP) is 1.85. The lowest BCUT2D eigenvalue weighted by Crippen LogP contribution is -2.51. The van der Waals surface area contributed by atoms with Gasteiger partial charge in [-0.1, -0.05) is 12.1 Å². The molecule has 2 aliphatic heterocycles. The maximum absolute atomic E-state index is 13.2. The topological polar surface area (TPSA) is 138 Å². The fraction of sp³-hybridized carbons (Fsp3) is 0.292. The molecule has 0 bridgehead atoms. The maximum Gasteiger partial charge on any atom is 0.257 e. The zero-order valence-corrected chi connectivity index (χ0v) is 18.3. The lowest BCUT2D eigenvalue weighted by Gasteiger charge is -2.46. The lowest BCUT2D eigenvalue weighted by molar-refractivity contribution is -0.119. The van der Waals surface area contributed by atoms with E-state index in [2.05, 4.69) is 15.2 Å². The van der Waals surface area contributed by atoms with Crippen molar-refractivity contribution in [2.45, 2.75) is 31.5 Å². The molecule has 0 spiro atoms. The number of fused-ring (bicyclic) bond motifs is 6. The number of rotatable bonds is 5. The first kappa shape index (κ1) is 21.0. The minimum atomic E-state index is -0.816. The number of primary amides is 1. The average molecular weight is 447 g/mol. The summed E-state index contributed by atoms with van der Waals surface area (Å²) >= 11 is 0. The van der Waals surface area contributed by atoms with Crippen molar-refractivity contribution in [1.29, 1.82) is 0 Å². The first-order valence-corrected chi connectivity index (χ1v) is 11.0. The Morgan fingerprint density at radius 1 is 1.24 bits per heavy atom. The van der Waals surface area contributed by atoms with Gasteiger partial charge < -0.3 is 31.6 Å². The fourth-order valence-electron chi connectivity index (χ4n) is 4.87. The Kier molecular flexibility index (Phi) is 5.05. The van der Waals surface area contributed by atoms with E-state index in [9.17, 15) is 14.4 Å². The highest BCUT2D eigenvalue weighted by molar-refractivity contribution is 6.03. The van der Waals surface area contributed by atoms with Crippen LogP contribution in [-0.2, 0) is 16.0 Å². The Labute approximate surface area is 190 Å². The number of H-pyrrole nitrogens is 1. The van der Waals surface area contributed by atoms with Crippen molar-refractivity contribution in [3.05, 3.63) is 59.3 Å². The number of hydrogen-bond acceptors (Lipinski definition) is 5. The van der Waals surface area contributed by atoms with Crippen molar-refractivity contribution in [3.8, 4) is 0 Å². The highest BCUT2D eigenvalue weighted by atomic mass is 16.2. The van der Waals surface area contributed by atoms with Gasteiger partial charge in [0.1, 0.15) is 6.17 Å². The number of hydrogen-bond donors (Lipinski definition) is 4. The minimum Gasteiger partial charge on any atom is -0.370 e. The Morgan fingerprint density at radius 2 is 2.03 bits per heavy atom. The van der Waals surface area contributed by atoms with E-state index in [1.807, 2.05) is 54.4 Å². The van der Waals surface area contributed by atoms with Crippen LogP contribution in [0.2, 0.25) is 0 Å². The number of benzene rings is 2. The van der Waals surface area contributed by atoms with E-state index in [0.717, 1.165) is 27.8 Å². The summed E-state index contributed by atoms with van der Waals surface area (Å²) in [5, 5.41) is 3.84. The molecule has 3 aromatic rings. The highest BCUT2D eigenvalue weighted by Gasteiger charge is 2.41.